The predicted octanol–water partition coefficient (Wildman–Crippen LogP) is 4.63. The molecule has 39 heavy (non-hydrogen) atoms. The van der Waals surface area contributed by atoms with Gasteiger partial charge in [0.25, 0.3) is 0 Å². The molecule has 8 nitrogen and oxygen atoms in total. The van der Waals surface area contributed by atoms with Crippen LogP contribution in [0.15, 0.2) is 60.1 Å². The Morgan fingerprint density at radius 3 is 2.51 bits per heavy atom. The van der Waals surface area contributed by atoms with E-state index in [-0.39, 0.29) is 17.8 Å². The lowest BCUT2D eigenvalue weighted by Gasteiger charge is -2.29. The highest BCUT2D eigenvalue weighted by Crippen LogP contribution is 2.20. The second-order valence-electron chi connectivity index (χ2n) is 9.68. The molecule has 0 aromatic carbocycles. The smallest absolute Gasteiger partial charge is 0.373 e. The third-order valence-electron chi connectivity index (χ3n) is 5.36. The minimum absolute atomic E-state index is 0.230. The van der Waals surface area contributed by atoms with Gasteiger partial charge in [0, 0.05) is 25.3 Å². The number of aliphatic hydroxyl groups is 1. The van der Waals surface area contributed by atoms with Gasteiger partial charge in [-0.1, -0.05) is 70.6 Å². The average Bonchev–Trinajstić information content (AvgIpc) is 2.90. The van der Waals surface area contributed by atoms with Crippen LogP contribution in [0.3, 0.4) is 0 Å². The van der Waals surface area contributed by atoms with Crippen LogP contribution < -0.4 is 10.6 Å². The maximum absolute atomic E-state index is 12.7. The topological polar surface area (TPSA) is 114 Å². The maximum Gasteiger partial charge on any atom is 0.373 e. The second-order valence-corrected chi connectivity index (χ2v) is 9.68. The summed E-state index contributed by atoms with van der Waals surface area (Å²) in [5.41, 5.74) is 0.433. The lowest BCUT2D eigenvalue weighted by molar-refractivity contribution is -0.149. The molecule has 0 fully saturated rings. The number of carbonyl (C=O) groups excluding carboxylic acids is 3. The number of amides is 2. The maximum atomic E-state index is 12.7. The summed E-state index contributed by atoms with van der Waals surface area (Å²) in [6.45, 7) is 13.2. The highest BCUT2D eigenvalue weighted by molar-refractivity contribution is 5.93. The van der Waals surface area contributed by atoms with E-state index in [2.05, 4.69) is 22.5 Å². The number of esters is 1. The minimum atomic E-state index is -0.762. The summed E-state index contributed by atoms with van der Waals surface area (Å²) in [4.78, 5) is 36.8. The molecule has 0 aromatic rings. The van der Waals surface area contributed by atoms with E-state index in [1.807, 2.05) is 53.7 Å². The predicted molar refractivity (Wildman–Crippen MR) is 155 cm³/mol. The number of hydrogen-bond acceptors (Lipinski definition) is 6. The van der Waals surface area contributed by atoms with Crippen LogP contribution in [-0.2, 0) is 23.9 Å². The Bertz CT molecular complexity index is 1000. The SMILES string of the molecule is CC.CC#CCC(O)C/C=C\NC(=O)C(NC(=O)\C=C/C=C\C(C)=C\CC1CC=C(OC)C(=O)O1)C(C)(C)C. The summed E-state index contributed by atoms with van der Waals surface area (Å²) in [5, 5.41) is 15.2. The summed E-state index contributed by atoms with van der Waals surface area (Å²) in [7, 11) is 1.44. The van der Waals surface area contributed by atoms with Gasteiger partial charge in [-0.05, 0) is 38.0 Å². The zero-order valence-electron chi connectivity index (χ0n) is 24.7. The first-order valence-corrected chi connectivity index (χ1v) is 13.3. The standard InChI is InChI=1S/C29H40N2O6.C2H6/c1-7-8-13-22(32)14-11-20-30-27(34)26(29(3,4)5)31-25(33)15-10-9-12-21(2)16-17-23-18-19-24(36-6)28(35)37-23;1-2/h9-12,15-16,19-20,22-23,26,32H,13-14,17-18H2,1-6H3,(H,30,34)(H,31,33);1-2H3/b12-9-,15-10-,20-11-,21-16+;. The van der Waals surface area contributed by atoms with Gasteiger partial charge in [-0.25, -0.2) is 4.79 Å². The molecule has 3 unspecified atom stereocenters. The Balaban J connectivity index is 0.00000704. The largest absolute Gasteiger partial charge is 0.490 e. The molecule has 0 aliphatic carbocycles. The Hall–Kier alpha value is -3.57. The van der Waals surface area contributed by atoms with Gasteiger partial charge >= 0.3 is 5.97 Å². The van der Waals surface area contributed by atoms with Crippen LogP contribution in [0.2, 0.25) is 0 Å². The van der Waals surface area contributed by atoms with Crippen molar-refractivity contribution in [3.05, 3.63) is 60.1 Å². The molecule has 0 spiro atoms. The second kappa shape index (κ2) is 19.5. The van der Waals surface area contributed by atoms with Crippen molar-refractivity contribution < 1.29 is 29.0 Å². The van der Waals surface area contributed by atoms with Crippen LogP contribution in [0, 0.1) is 17.3 Å². The van der Waals surface area contributed by atoms with Gasteiger partial charge in [0.05, 0.1) is 13.2 Å². The minimum Gasteiger partial charge on any atom is -0.490 e. The fourth-order valence-electron chi connectivity index (χ4n) is 3.24. The van der Waals surface area contributed by atoms with Gasteiger partial charge in [0.15, 0.2) is 5.76 Å². The fraction of sp³-hybridized carbons (Fsp3) is 0.516. The number of rotatable bonds is 12. The highest BCUT2D eigenvalue weighted by atomic mass is 16.6. The number of carbonyl (C=O) groups is 3. The Morgan fingerprint density at radius 2 is 1.92 bits per heavy atom. The molecule has 3 N–H and O–H groups in total. The molecule has 0 saturated carbocycles. The van der Waals surface area contributed by atoms with E-state index in [1.54, 1.807) is 31.2 Å². The molecule has 0 radical (unpaired) electrons. The van der Waals surface area contributed by atoms with Crippen molar-refractivity contribution in [3.8, 4) is 11.8 Å². The lowest BCUT2D eigenvalue weighted by Crippen LogP contribution is -2.52. The quantitative estimate of drug-likeness (QED) is 0.143. The zero-order chi connectivity index (χ0) is 29.8. The first-order valence-electron chi connectivity index (χ1n) is 13.3. The van der Waals surface area contributed by atoms with Crippen molar-refractivity contribution in [1.82, 2.24) is 10.6 Å². The third-order valence-corrected chi connectivity index (χ3v) is 5.36. The molecule has 2 amide bonds. The van der Waals surface area contributed by atoms with Gasteiger partial charge in [0.1, 0.15) is 12.1 Å². The molecule has 8 heteroatoms. The molecule has 216 valence electrons. The van der Waals surface area contributed by atoms with Crippen LogP contribution in [-0.4, -0.2) is 48.2 Å². The summed E-state index contributed by atoms with van der Waals surface area (Å²) < 4.78 is 10.3. The van der Waals surface area contributed by atoms with Crippen LogP contribution in [0.25, 0.3) is 0 Å². The number of cyclic esters (lactones) is 1. The first-order chi connectivity index (χ1) is 18.5. The zero-order valence-corrected chi connectivity index (χ0v) is 24.7. The van der Waals surface area contributed by atoms with E-state index >= 15 is 0 Å². The van der Waals surface area contributed by atoms with Crippen molar-refractivity contribution >= 4 is 17.8 Å². The number of methoxy groups -OCH3 is 1. The summed E-state index contributed by atoms with van der Waals surface area (Å²) >= 11 is 0. The van der Waals surface area contributed by atoms with Gasteiger partial charge in [-0.2, -0.15) is 0 Å². The number of aliphatic hydroxyl groups excluding tert-OH is 1. The Morgan fingerprint density at radius 1 is 1.26 bits per heavy atom. The molecular formula is C31H46N2O6. The van der Waals surface area contributed by atoms with E-state index in [1.165, 1.54) is 19.4 Å². The monoisotopic (exact) mass is 542 g/mol. The van der Waals surface area contributed by atoms with E-state index in [0.717, 1.165) is 5.57 Å². The molecule has 1 aliphatic rings. The molecule has 1 rings (SSSR count). The molecule has 0 saturated heterocycles. The van der Waals surface area contributed by atoms with Crippen molar-refractivity contribution in [2.45, 2.75) is 92.4 Å². The number of allylic oxidation sites excluding steroid dienone is 4. The highest BCUT2D eigenvalue weighted by Gasteiger charge is 2.31. The number of hydrogen-bond donors (Lipinski definition) is 3. The molecule has 3 atom stereocenters. The number of nitrogens with one attached hydrogen (secondary N) is 2. The van der Waals surface area contributed by atoms with Crippen molar-refractivity contribution in [2.24, 2.45) is 5.41 Å². The summed E-state index contributed by atoms with van der Waals surface area (Å²) in [5.74, 6) is 4.56. The van der Waals surface area contributed by atoms with Crippen LogP contribution in [0.4, 0.5) is 0 Å². The van der Waals surface area contributed by atoms with Crippen molar-refractivity contribution in [3.63, 3.8) is 0 Å². The Kier molecular flexibility index (Phi) is 17.7. The average molecular weight is 543 g/mol. The van der Waals surface area contributed by atoms with Crippen LogP contribution in [0.5, 0.6) is 0 Å². The molecular weight excluding hydrogens is 496 g/mol. The fourth-order valence-corrected chi connectivity index (χ4v) is 3.24. The van der Waals surface area contributed by atoms with E-state index < -0.39 is 29.4 Å². The van der Waals surface area contributed by atoms with E-state index in [9.17, 15) is 19.5 Å². The summed E-state index contributed by atoms with van der Waals surface area (Å²) in [6, 6.07) is -0.762. The van der Waals surface area contributed by atoms with E-state index in [4.69, 9.17) is 9.47 Å². The molecule has 1 aliphatic heterocycles. The van der Waals surface area contributed by atoms with Gasteiger partial charge in [0.2, 0.25) is 11.8 Å². The van der Waals surface area contributed by atoms with Crippen molar-refractivity contribution in [1.29, 1.82) is 0 Å². The van der Waals surface area contributed by atoms with Crippen LogP contribution >= 0.6 is 0 Å². The van der Waals surface area contributed by atoms with Gasteiger partial charge in [-0.3, -0.25) is 9.59 Å². The van der Waals surface area contributed by atoms with Gasteiger partial charge in [-0.15, -0.1) is 11.8 Å². The summed E-state index contributed by atoms with van der Waals surface area (Å²) in [6.07, 6.45) is 14.4. The number of ether oxygens (including phenoxy) is 2. The van der Waals surface area contributed by atoms with Gasteiger partial charge < -0.3 is 25.2 Å². The molecule has 0 bridgehead atoms. The normalized spacial score (nSPS) is 17.4. The van der Waals surface area contributed by atoms with E-state index in [0.29, 0.717) is 25.7 Å². The Labute approximate surface area is 234 Å². The first kappa shape index (κ1) is 35.4. The van der Waals surface area contributed by atoms with Crippen molar-refractivity contribution in [2.75, 3.05) is 7.11 Å². The van der Waals surface area contributed by atoms with Crippen LogP contribution in [0.1, 0.15) is 74.1 Å². The molecule has 0 aromatic heterocycles. The molecule has 1 heterocycles. The lowest BCUT2D eigenvalue weighted by atomic mass is 9.86. The third kappa shape index (κ3) is 15.4.